The second kappa shape index (κ2) is 11.2. The minimum absolute atomic E-state index is 0.305. The van der Waals surface area contributed by atoms with Crippen LogP contribution in [0.25, 0.3) is 39.0 Å². The van der Waals surface area contributed by atoms with Crippen LogP contribution >= 0.6 is 0 Å². The summed E-state index contributed by atoms with van der Waals surface area (Å²) >= 11 is 0. The number of pyridine rings is 3. The van der Waals surface area contributed by atoms with E-state index in [0.29, 0.717) is 35.3 Å². The first-order chi connectivity index (χ1) is 21.0. The van der Waals surface area contributed by atoms with E-state index in [9.17, 15) is 0 Å². The van der Waals surface area contributed by atoms with Gasteiger partial charge in [-0.2, -0.15) is 5.10 Å². The number of nitrogens with zero attached hydrogens (tertiary/aromatic N) is 4. The highest BCUT2D eigenvalue weighted by Gasteiger charge is 2.25. The molecule has 0 radical (unpaired) electrons. The fourth-order valence-electron chi connectivity index (χ4n) is 5.83. The Balaban J connectivity index is 1.22. The third-order valence-electron chi connectivity index (χ3n) is 7.87. The predicted molar refractivity (Wildman–Crippen MR) is 168 cm³/mol. The minimum Gasteiger partial charge on any atom is -0.352 e. The van der Waals surface area contributed by atoms with Crippen LogP contribution in [-0.2, 0) is 19.5 Å². The smallest absolute Gasteiger partial charge is 0.161 e. The molecule has 43 heavy (non-hydrogen) atoms. The third-order valence-corrected chi connectivity index (χ3v) is 7.87. The summed E-state index contributed by atoms with van der Waals surface area (Å²) in [5, 5.41) is 15.0. The first-order valence-electron chi connectivity index (χ1n) is 14.3. The van der Waals surface area contributed by atoms with Gasteiger partial charge >= 0.3 is 0 Å². The van der Waals surface area contributed by atoms with Crippen molar-refractivity contribution in [3.05, 3.63) is 131 Å². The minimum atomic E-state index is -0.397. The third kappa shape index (κ3) is 5.17. The van der Waals surface area contributed by atoms with Gasteiger partial charge in [-0.15, -0.1) is 0 Å². The standard InChI is InChI=1S/C35H30FN7/c1-21-12-24(17-38-16-23-6-4-3-5-7-23)15-26(13-21)34-32(36)31-30(20-40-34)42-43-35(31)33-22(2)14-27-28(18-39-19-29(27)41-33)25-8-10-37-11-9-25/h3-13,15,18-20,38,41H,14,16-17H2,1-2H3,(H,42,43). The molecular formula is C35H30FN7. The summed E-state index contributed by atoms with van der Waals surface area (Å²) in [6, 6.07) is 20.3. The van der Waals surface area contributed by atoms with Crippen molar-refractivity contribution in [3.63, 3.8) is 0 Å². The number of aromatic amines is 1. The Morgan fingerprint density at radius 1 is 0.837 bits per heavy atom. The second-order valence-electron chi connectivity index (χ2n) is 11.0. The summed E-state index contributed by atoms with van der Waals surface area (Å²) < 4.78 is 16.4. The number of aromatic nitrogens is 5. The van der Waals surface area contributed by atoms with Crippen LogP contribution in [0.15, 0.2) is 97.2 Å². The number of allylic oxidation sites excluding steroid dienone is 1. The van der Waals surface area contributed by atoms with E-state index in [2.05, 4.69) is 60.9 Å². The van der Waals surface area contributed by atoms with Crippen LogP contribution in [0, 0.1) is 12.7 Å². The first-order valence-corrected chi connectivity index (χ1v) is 14.3. The molecule has 0 amide bonds. The Labute approximate surface area is 249 Å². The molecule has 4 aromatic heterocycles. The van der Waals surface area contributed by atoms with E-state index in [1.807, 2.05) is 61.8 Å². The topological polar surface area (TPSA) is 91.4 Å². The van der Waals surface area contributed by atoms with Gasteiger partial charge in [0.05, 0.1) is 34.7 Å². The van der Waals surface area contributed by atoms with Crippen LogP contribution in [0.2, 0.25) is 0 Å². The number of hydrogen-bond acceptors (Lipinski definition) is 6. The molecule has 1 aliphatic heterocycles. The predicted octanol–water partition coefficient (Wildman–Crippen LogP) is 7.22. The largest absolute Gasteiger partial charge is 0.352 e. The van der Waals surface area contributed by atoms with Gasteiger partial charge in [-0.05, 0) is 72.4 Å². The maximum atomic E-state index is 16.4. The van der Waals surface area contributed by atoms with Crippen molar-refractivity contribution >= 4 is 22.3 Å². The Morgan fingerprint density at radius 2 is 1.65 bits per heavy atom. The molecule has 0 saturated carbocycles. The van der Waals surface area contributed by atoms with Crippen molar-refractivity contribution in [1.82, 2.24) is 30.5 Å². The summed E-state index contributed by atoms with van der Waals surface area (Å²) in [5.74, 6) is -0.397. The fourth-order valence-corrected chi connectivity index (χ4v) is 5.83. The van der Waals surface area contributed by atoms with Gasteiger partial charge in [-0.1, -0.05) is 42.0 Å². The lowest BCUT2D eigenvalue weighted by Gasteiger charge is -2.24. The summed E-state index contributed by atoms with van der Waals surface area (Å²) in [6.45, 7) is 5.49. The van der Waals surface area contributed by atoms with Crippen LogP contribution < -0.4 is 10.6 Å². The molecule has 5 heterocycles. The van der Waals surface area contributed by atoms with Crippen LogP contribution in [-0.4, -0.2) is 25.1 Å². The summed E-state index contributed by atoms with van der Waals surface area (Å²) in [6.07, 6.45) is 9.59. The van der Waals surface area contributed by atoms with Crippen molar-refractivity contribution in [2.75, 3.05) is 5.32 Å². The van der Waals surface area contributed by atoms with Crippen molar-refractivity contribution < 1.29 is 4.39 Å². The number of anilines is 1. The average Bonchev–Trinajstić information content (AvgIpc) is 3.46. The molecule has 0 atom stereocenters. The summed E-state index contributed by atoms with van der Waals surface area (Å²) in [4.78, 5) is 13.2. The van der Waals surface area contributed by atoms with Gasteiger partial charge < -0.3 is 10.6 Å². The summed E-state index contributed by atoms with van der Waals surface area (Å²) in [5.41, 5.74) is 11.4. The highest BCUT2D eigenvalue weighted by molar-refractivity contribution is 5.97. The lowest BCUT2D eigenvalue weighted by atomic mass is 9.91. The van der Waals surface area contributed by atoms with Crippen molar-refractivity contribution in [1.29, 1.82) is 0 Å². The molecule has 6 aromatic rings. The van der Waals surface area contributed by atoms with E-state index in [1.165, 1.54) is 5.56 Å². The molecule has 8 heteroatoms. The lowest BCUT2D eigenvalue weighted by Crippen LogP contribution is -2.13. The molecule has 0 bridgehead atoms. The van der Waals surface area contributed by atoms with Crippen LogP contribution in [0.4, 0.5) is 10.1 Å². The zero-order valence-corrected chi connectivity index (χ0v) is 23.9. The number of rotatable bonds is 7. The lowest BCUT2D eigenvalue weighted by molar-refractivity contribution is 0.638. The van der Waals surface area contributed by atoms with Crippen LogP contribution in [0.3, 0.4) is 0 Å². The Morgan fingerprint density at radius 3 is 2.49 bits per heavy atom. The maximum absolute atomic E-state index is 16.4. The van der Waals surface area contributed by atoms with E-state index >= 15 is 4.39 Å². The maximum Gasteiger partial charge on any atom is 0.161 e. The van der Waals surface area contributed by atoms with Crippen molar-refractivity contribution in [2.45, 2.75) is 33.4 Å². The van der Waals surface area contributed by atoms with Gasteiger partial charge in [0.15, 0.2) is 5.82 Å². The Kier molecular flexibility index (Phi) is 6.96. The summed E-state index contributed by atoms with van der Waals surface area (Å²) in [7, 11) is 0. The van der Waals surface area contributed by atoms with Gasteiger partial charge in [-0.25, -0.2) is 4.39 Å². The van der Waals surface area contributed by atoms with Crippen LogP contribution in [0.1, 0.15) is 34.9 Å². The number of aryl methyl sites for hydroxylation is 1. The molecule has 0 saturated heterocycles. The molecule has 0 unspecified atom stereocenters. The Bertz CT molecular complexity index is 1980. The number of H-pyrrole nitrogens is 1. The van der Waals surface area contributed by atoms with Gasteiger partial charge in [0.2, 0.25) is 0 Å². The molecule has 212 valence electrons. The number of benzene rings is 2. The number of nitrogens with one attached hydrogen (secondary N) is 3. The van der Waals surface area contributed by atoms with E-state index < -0.39 is 5.82 Å². The quantitative estimate of drug-likeness (QED) is 0.189. The van der Waals surface area contributed by atoms with E-state index in [1.54, 1.807) is 18.6 Å². The highest BCUT2D eigenvalue weighted by Crippen LogP contribution is 2.39. The molecule has 0 aliphatic carbocycles. The van der Waals surface area contributed by atoms with Crippen LogP contribution in [0.5, 0.6) is 0 Å². The molecular weight excluding hydrogens is 537 g/mol. The Hall–Kier alpha value is -5.21. The van der Waals surface area contributed by atoms with Crippen molar-refractivity contribution in [2.24, 2.45) is 0 Å². The average molecular weight is 568 g/mol. The molecule has 1 aliphatic rings. The van der Waals surface area contributed by atoms with Crippen molar-refractivity contribution in [3.8, 4) is 22.4 Å². The van der Waals surface area contributed by atoms with Gasteiger partial charge in [0.25, 0.3) is 0 Å². The second-order valence-corrected chi connectivity index (χ2v) is 11.0. The molecule has 0 spiro atoms. The van der Waals surface area contributed by atoms with E-state index in [4.69, 9.17) is 0 Å². The van der Waals surface area contributed by atoms with E-state index in [0.717, 1.165) is 56.9 Å². The highest BCUT2D eigenvalue weighted by atomic mass is 19.1. The molecule has 7 rings (SSSR count). The molecule has 2 aromatic carbocycles. The first kappa shape index (κ1) is 26.7. The van der Waals surface area contributed by atoms with Gasteiger partial charge in [0.1, 0.15) is 11.4 Å². The van der Waals surface area contributed by atoms with E-state index in [-0.39, 0.29) is 0 Å². The van der Waals surface area contributed by atoms with Gasteiger partial charge in [0, 0.05) is 42.8 Å². The number of hydrogen-bond donors (Lipinski definition) is 3. The van der Waals surface area contributed by atoms with Gasteiger partial charge in [-0.3, -0.25) is 20.1 Å². The number of halogens is 1. The molecule has 0 fully saturated rings. The molecule has 3 N–H and O–H groups in total. The number of fused-ring (bicyclic) bond motifs is 2. The normalized spacial score (nSPS) is 12.8. The SMILES string of the molecule is CC1=C(c2n[nH]c3cnc(-c4cc(C)cc(CNCc5ccccc5)c4)c(F)c23)Nc2cncc(-c3ccncc3)c2C1. The molecule has 7 nitrogen and oxygen atoms in total. The fraction of sp³-hybridized carbons (Fsp3) is 0.143. The zero-order valence-electron chi connectivity index (χ0n) is 23.9. The zero-order chi connectivity index (χ0) is 29.3. The monoisotopic (exact) mass is 567 g/mol.